The van der Waals surface area contributed by atoms with Crippen LogP contribution in [-0.2, 0) is 4.74 Å². The highest BCUT2D eigenvalue weighted by Gasteiger charge is 2.27. The Hall–Kier alpha value is -1.56. The second-order valence-corrected chi connectivity index (χ2v) is 5.38. The molecule has 1 rings (SSSR count). The van der Waals surface area contributed by atoms with E-state index < -0.39 is 5.97 Å². The summed E-state index contributed by atoms with van der Waals surface area (Å²) in [4.78, 5) is 26.2. The number of hydrogen-bond acceptors (Lipinski definition) is 6. The van der Waals surface area contributed by atoms with Crippen molar-refractivity contribution in [3.8, 4) is 0 Å². The number of anilines is 2. The van der Waals surface area contributed by atoms with Gasteiger partial charge in [-0.25, -0.2) is 4.79 Å². The van der Waals surface area contributed by atoms with Crippen molar-refractivity contribution in [2.75, 3.05) is 30.3 Å². The van der Waals surface area contributed by atoms with Crippen molar-refractivity contribution in [3.05, 3.63) is 10.4 Å². The highest BCUT2D eigenvalue weighted by Crippen LogP contribution is 2.39. The topological polar surface area (TPSA) is 72.6 Å². The summed E-state index contributed by atoms with van der Waals surface area (Å²) in [6, 6.07) is 0. The molecule has 5 nitrogen and oxygen atoms in total. The standard InChI is InChI=1S/C14H22N2O3S/c1-5-8-16(6-2)13-10(14(18)19-7-3)11(15)12(20-13)9(4)17/h5-8,15H2,1-4H3. The number of esters is 1. The summed E-state index contributed by atoms with van der Waals surface area (Å²) in [6.45, 7) is 9.11. The van der Waals surface area contributed by atoms with E-state index in [0.29, 0.717) is 10.4 Å². The van der Waals surface area contributed by atoms with E-state index >= 15 is 0 Å². The van der Waals surface area contributed by atoms with Gasteiger partial charge in [0.2, 0.25) is 0 Å². The molecule has 6 heteroatoms. The smallest absolute Gasteiger partial charge is 0.343 e. The number of hydrogen-bond donors (Lipinski definition) is 1. The molecule has 1 aromatic rings. The van der Waals surface area contributed by atoms with Crippen LogP contribution in [-0.4, -0.2) is 31.4 Å². The molecule has 0 bridgehead atoms. The van der Waals surface area contributed by atoms with E-state index in [4.69, 9.17) is 10.5 Å². The highest BCUT2D eigenvalue weighted by atomic mass is 32.1. The lowest BCUT2D eigenvalue weighted by molar-refractivity contribution is 0.0529. The molecule has 0 aliphatic carbocycles. The number of ether oxygens (including phenoxy) is 1. The minimum atomic E-state index is -0.460. The van der Waals surface area contributed by atoms with E-state index in [0.717, 1.165) is 24.5 Å². The second kappa shape index (κ2) is 7.28. The van der Waals surface area contributed by atoms with Gasteiger partial charge in [0, 0.05) is 20.0 Å². The minimum Gasteiger partial charge on any atom is -0.462 e. The molecule has 0 aliphatic rings. The van der Waals surface area contributed by atoms with Gasteiger partial charge in [-0.3, -0.25) is 4.79 Å². The minimum absolute atomic E-state index is 0.128. The number of ketones is 1. The summed E-state index contributed by atoms with van der Waals surface area (Å²) >= 11 is 1.27. The first kappa shape index (κ1) is 16.5. The van der Waals surface area contributed by atoms with Gasteiger partial charge in [0.25, 0.3) is 0 Å². The zero-order valence-electron chi connectivity index (χ0n) is 12.5. The number of carbonyl (C=O) groups excluding carboxylic acids is 2. The molecule has 112 valence electrons. The van der Waals surface area contributed by atoms with Crippen molar-refractivity contribution in [2.24, 2.45) is 0 Å². The fourth-order valence-corrected chi connectivity index (χ4v) is 3.18. The van der Waals surface area contributed by atoms with Crippen LogP contribution in [0, 0.1) is 0 Å². The first-order valence-corrected chi connectivity index (χ1v) is 7.64. The molecule has 20 heavy (non-hydrogen) atoms. The molecular formula is C14H22N2O3S. The maximum atomic E-state index is 12.1. The largest absolute Gasteiger partial charge is 0.462 e. The molecule has 0 radical (unpaired) electrons. The van der Waals surface area contributed by atoms with Crippen LogP contribution in [0.2, 0.25) is 0 Å². The number of nitrogens with zero attached hydrogens (tertiary/aromatic N) is 1. The zero-order valence-corrected chi connectivity index (χ0v) is 13.3. The molecule has 1 heterocycles. The zero-order chi connectivity index (χ0) is 15.3. The number of Topliss-reactive ketones (excluding diaryl/α,β-unsaturated/α-hetero) is 1. The summed E-state index contributed by atoms with van der Waals surface area (Å²) in [5.74, 6) is -0.588. The normalized spacial score (nSPS) is 10.4. The third-order valence-corrected chi connectivity index (χ3v) is 4.26. The third-order valence-electron chi connectivity index (χ3n) is 2.89. The van der Waals surface area contributed by atoms with Gasteiger partial charge in [-0.1, -0.05) is 6.92 Å². The van der Waals surface area contributed by atoms with Crippen LogP contribution in [0.3, 0.4) is 0 Å². The van der Waals surface area contributed by atoms with Gasteiger partial charge in [0.05, 0.1) is 17.2 Å². The van der Waals surface area contributed by atoms with E-state index in [1.165, 1.54) is 18.3 Å². The van der Waals surface area contributed by atoms with Gasteiger partial charge in [-0.05, 0) is 20.3 Å². The summed E-state index contributed by atoms with van der Waals surface area (Å²) < 4.78 is 5.07. The fourth-order valence-electron chi connectivity index (χ4n) is 1.99. The second-order valence-electron chi connectivity index (χ2n) is 4.38. The van der Waals surface area contributed by atoms with Crippen molar-refractivity contribution in [3.63, 3.8) is 0 Å². The van der Waals surface area contributed by atoms with Gasteiger partial charge in [-0.15, -0.1) is 11.3 Å². The molecule has 0 saturated carbocycles. The Morgan fingerprint density at radius 1 is 1.30 bits per heavy atom. The number of rotatable bonds is 7. The molecule has 0 fully saturated rings. The van der Waals surface area contributed by atoms with Crippen LogP contribution < -0.4 is 10.6 Å². The maximum absolute atomic E-state index is 12.1. The summed E-state index contributed by atoms with van der Waals surface area (Å²) in [5.41, 5.74) is 6.56. The van der Waals surface area contributed by atoms with Crippen LogP contribution in [0.5, 0.6) is 0 Å². The Kier molecular flexibility index (Phi) is 6.01. The molecule has 1 aromatic heterocycles. The van der Waals surface area contributed by atoms with Gasteiger partial charge in [0.1, 0.15) is 10.6 Å². The Labute approximate surface area is 123 Å². The molecular weight excluding hydrogens is 276 g/mol. The monoisotopic (exact) mass is 298 g/mol. The van der Waals surface area contributed by atoms with Crippen molar-refractivity contribution in [1.82, 2.24) is 0 Å². The van der Waals surface area contributed by atoms with Crippen molar-refractivity contribution in [2.45, 2.75) is 34.1 Å². The van der Waals surface area contributed by atoms with Gasteiger partial charge in [-0.2, -0.15) is 0 Å². The lowest BCUT2D eigenvalue weighted by Crippen LogP contribution is -2.24. The predicted octanol–water partition coefficient (Wildman–Crippen LogP) is 2.95. The Morgan fingerprint density at radius 3 is 2.40 bits per heavy atom. The van der Waals surface area contributed by atoms with Crippen LogP contribution in [0.1, 0.15) is 54.1 Å². The van der Waals surface area contributed by atoms with E-state index in [-0.39, 0.29) is 18.1 Å². The highest BCUT2D eigenvalue weighted by molar-refractivity contribution is 7.19. The Morgan fingerprint density at radius 2 is 1.95 bits per heavy atom. The SMILES string of the molecule is CCCN(CC)c1sc(C(C)=O)c(N)c1C(=O)OCC. The molecule has 0 aromatic carbocycles. The molecule has 2 N–H and O–H groups in total. The van der Waals surface area contributed by atoms with Crippen molar-refractivity contribution >= 4 is 33.8 Å². The Bertz CT molecular complexity index is 497. The van der Waals surface area contributed by atoms with Crippen molar-refractivity contribution in [1.29, 1.82) is 0 Å². The number of thiophene rings is 1. The lowest BCUT2D eigenvalue weighted by atomic mass is 10.2. The molecule has 0 amide bonds. The molecule has 0 unspecified atom stereocenters. The van der Waals surface area contributed by atoms with Crippen LogP contribution >= 0.6 is 11.3 Å². The molecule has 0 atom stereocenters. The van der Waals surface area contributed by atoms with E-state index in [1.807, 2.05) is 6.92 Å². The summed E-state index contributed by atoms with van der Waals surface area (Å²) in [7, 11) is 0. The maximum Gasteiger partial charge on any atom is 0.343 e. The summed E-state index contributed by atoms with van der Waals surface area (Å²) in [5, 5.41) is 0.732. The molecule has 0 aliphatic heterocycles. The average molecular weight is 298 g/mol. The number of nitrogens with two attached hydrogens (primary N) is 1. The van der Waals surface area contributed by atoms with E-state index in [2.05, 4.69) is 11.8 Å². The predicted molar refractivity (Wildman–Crippen MR) is 82.9 cm³/mol. The lowest BCUT2D eigenvalue weighted by Gasteiger charge is -2.21. The molecule has 0 saturated heterocycles. The number of carbonyl (C=O) groups is 2. The number of nitrogen functional groups attached to an aromatic ring is 1. The fraction of sp³-hybridized carbons (Fsp3) is 0.571. The van der Waals surface area contributed by atoms with Crippen LogP contribution in [0.15, 0.2) is 0 Å². The van der Waals surface area contributed by atoms with Gasteiger partial charge >= 0.3 is 5.97 Å². The van der Waals surface area contributed by atoms with Gasteiger partial charge < -0.3 is 15.4 Å². The first-order chi connectivity index (χ1) is 9.47. The van der Waals surface area contributed by atoms with E-state index in [1.54, 1.807) is 6.92 Å². The van der Waals surface area contributed by atoms with Crippen LogP contribution in [0.25, 0.3) is 0 Å². The summed E-state index contributed by atoms with van der Waals surface area (Å²) in [6.07, 6.45) is 0.948. The van der Waals surface area contributed by atoms with Gasteiger partial charge in [0.15, 0.2) is 5.78 Å². The first-order valence-electron chi connectivity index (χ1n) is 6.83. The van der Waals surface area contributed by atoms with Crippen molar-refractivity contribution < 1.29 is 14.3 Å². The quantitative estimate of drug-likeness (QED) is 0.619. The average Bonchev–Trinajstić information content (AvgIpc) is 2.74. The molecule has 0 spiro atoms. The van der Waals surface area contributed by atoms with Crippen LogP contribution in [0.4, 0.5) is 10.7 Å². The third kappa shape index (κ3) is 3.30. The Balaban J connectivity index is 3.36. The van der Waals surface area contributed by atoms with E-state index in [9.17, 15) is 9.59 Å².